The van der Waals surface area contributed by atoms with Crippen LogP contribution in [-0.4, -0.2) is 7.11 Å². The largest absolute Gasteiger partial charge is 0.279 e. The second-order valence-electron chi connectivity index (χ2n) is 2.29. The lowest BCUT2D eigenvalue weighted by molar-refractivity contribution is 0.137. The molecular weight excluding hydrogens is 265 g/mol. The first-order valence-corrected chi connectivity index (χ1v) is 4.56. The molecule has 0 amide bonds. The summed E-state index contributed by atoms with van der Waals surface area (Å²) in [6.07, 6.45) is 0. The van der Waals surface area contributed by atoms with E-state index in [9.17, 15) is 0 Å². The molecule has 0 aliphatic heterocycles. The zero-order chi connectivity index (χ0) is 8.97. The average Bonchev–Trinajstić information content (AvgIpc) is 2.06. The maximum absolute atomic E-state index is 4.74. The van der Waals surface area contributed by atoms with Crippen molar-refractivity contribution in [3.63, 3.8) is 0 Å². The highest BCUT2D eigenvalue weighted by Gasteiger charge is 1.95. The Kier molecular flexibility index (Phi) is 3.55. The number of hydroxylamine groups is 1. The van der Waals surface area contributed by atoms with E-state index in [1.807, 2.05) is 24.3 Å². The number of hydrogen-bond acceptors (Lipinski definition) is 2. The van der Waals surface area contributed by atoms with E-state index < -0.39 is 0 Å². The predicted octanol–water partition coefficient (Wildman–Crippen LogP) is 2.41. The zero-order valence-electron chi connectivity index (χ0n) is 6.80. The molecule has 0 aromatic heterocycles. The van der Waals surface area contributed by atoms with Gasteiger partial charge in [-0.05, 0) is 40.3 Å². The Bertz CT molecular complexity index is 268. The predicted molar refractivity (Wildman–Crippen MR) is 58.3 cm³/mol. The molecule has 12 heavy (non-hydrogen) atoms. The van der Waals surface area contributed by atoms with Gasteiger partial charge in [-0.15, -0.1) is 0 Å². The molecule has 0 unspecified atom stereocenters. The Labute approximate surface area is 85.7 Å². The monoisotopic (exact) mass is 275 g/mol. The standard InChI is InChI=1S/C9H10INO/c1-7(11-12-2)8-3-5-9(10)6-4-8/h3-6,11H,1H2,2H3. The summed E-state index contributed by atoms with van der Waals surface area (Å²) in [7, 11) is 1.57. The molecule has 0 saturated heterocycles. The summed E-state index contributed by atoms with van der Waals surface area (Å²) < 4.78 is 1.21. The van der Waals surface area contributed by atoms with Crippen molar-refractivity contribution >= 4 is 28.3 Å². The van der Waals surface area contributed by atoms with Gasteiger partial charge in [0.05, 0.1) is 12.8 Å². The lowest BCUT2D eigenvalue weighted by Gasteiger charge is -2.06. The highest BCUT2D eigenvalue weighted by Crippen LogP contribution is 2.11. The molecule has 0 aliphatic carbocycles. The van der Waals surface area contributed by atoms with Crippen LogP contribution >= 0.6 is 22.6 Å². The number of halogens is 1. The van der Waals surface area contributed by atoms with E-state index in [2.05, 4.69) is 34.6 Å². The van der Waals surface area contributed by atoms with Gasteiger partial charge in [-0.25, -0.2) is 0 Å². The van der Waals surface area contributed by atoms with Crippen molar-refractivity contribution < 1.29 is 4.84 Å². The van der Waals surface area contributed by atoms with Crippen LogP contribution in [0.15, 0.2) is 30.8 Å². The van der Waals surface area contributed by atoms with Crippen molar-refractivity contribution in [3.8, 4) is 0 Å². The van der Waals surface area contributed by atoms with Crippen molar-refractivity contribution in [2.75, 3.05) is 7.11 Å². The first-order valence-electron chi connectivity index (χ1n) is 3.48. The molecule has 0 atom stereocenters. The molecule has 0 bridgehead atoms. The van der Waals surface area contributed by atoms with Crippen molar-refractivity contribution in [1.82, 2.24) is 5.48 Å². The summed E-state index contributed by atoms with van der Waals surface area (Å²) in [6.45, 7) is 3.81. The third-order valence-electron chi connectivity index (χ3n) is 1.42. The van der Waals surface area contributed by atoms with Gasteiger partial charge in [0.25, 0.3) is 0 Å². The summed E-state index contributed by atoms with van der Waals surface area (Å²) in [4.78, 5) is 4.74. The molecular formula is C9H10INO. The van der Waals surface area contributed by atoms with Gasteiger partial charge in [0.15, 0.2) is 0 Å². The van der Waals surface area contributed by atoms with E-state index >= 15 is 0 Å². The van der Waals surface area contributed by atoms with Gasteiger partial charge in [-0.1, -0.05) is 18.7 Å². The van der Waals surface area contributed by atoms with Crippen molar-refractivity contribution in [2.45, 2.75) is 0 Å². The van der Waals surface area contributed by atoms with Gasteiger partial charge in [0.2, 0.25) is 0 Å². The fraction of sp³-hybridized carbons (Fsp3) is 0.111. The van der Waals surface area contributed by atoms with Crippen LogP contribution in [0.5, 0.6) is 0 Å². The minimum atomic E-state index is 0.772. The number of rotatable bonds is 3. The van der Waals surface area contributed by atoms with Gasteiger partial charge >= 0.3 is 0 Å². The maximum Gasteiger partial charge on any atom is 0.0636 e. The summed E-state index contributed by atoms with van der Waals surface area (Å²) >= 11 is 2.26. The molecule has 2 nitrogen and oxygen atoms in total. The van der Waals surface area contributed by atoms with Gasteiger partial charge in [0.1, 0.15) is 0 Å². The van der Waals surface area contributed by atoms with Gasteiger partial charge < -0.3 is 0 Å². The molecule has 1 aromatic rings. The smallest absolute Gasteiger partial charge is 0.0636 e. The summed E-state index contributed by atoms with van der Waals surface area (Å²) in [5.41, 5.74) is 4.50. The SMILES string of the molecule is C=C(NOC)c1ccc(I)cc1. The Balaban J connectivity index is 2.75. The normalized spacial score (nSPS) is 9.50. The molecule has 0 aliphatic rings. The molecule has 0 saturated carbocycles. The Morgan fingerprint density at radius 3 is 2.50 bits per heavy atom. The zero-order valence-corrected chi connectivity index (χ0v) is 8.96. The molecule has 64 valence electrons. The van der Waals surface area contributed by atoms with Crippen LogP contribution < -0.4 is 5.48 Å². The van der Waals surface area contributed by atoms with Gasteiger partial charge in [-0.2, -0.15) is 0 Å². The van der Waals surface area contributed by atoms with E-state index in [-0.39, 0.29) is 0 Å². The average molecular weight is 275 g/mol. The van der Waals surface area contributed by atoms with Gasteiger partial charge in [0, 0.05) is 3.57 Å². The van der Waals surface area contributed by atoms with Gasteiger partial charge in [-0.3, -0.25) is 10.3 Å². The van der Waals surface area contributed by atoms with E-state index in [1.165, 1.54) is 3.57 Å². The van der Waals surface area contributed by atoms with Crippen LogP contribution in [0.3, 0.4) is 0 Å². The minimum absolute atomic E-state index is 0.772. The van der Waals surface area contributed by atoms with Crippen molar-refractivity contribution in [3.05, 3.63) is 40.0 Å². The first kappa shape index (κ1) is 9.54. The van der Waals surface area contributed by atoms with Crippen LogP contribution in [-0.2, 0) is 4.84 Å². The number of nitrogens with one attached hydrogen (secondary N) is 1. The molecule has 3 heteroatoms. The second-order valence-corrected chi connectivity index (χ2v) is 3.54. The Hall–Kier alpha value is -0.550. The first-order chi connectivity index (χ1) is 5.74. The molecule has 0 spiro atoms. The second kappa shape index (κ2) is 4.47. The molecule has 1 aromatic carbocycles. The fourth-order valence-corrected chi connectivity index (χ4v) is 1.19. The fourth-order valence-electron chi connectivity index (χ4n) is 0.833. The highest BCUT2D eigenvalue weighted by atomic mass is 127. The summed E-state index contributed by atoms with van der Waals surface area (Å²) in [5.74, 6) is 0. The molecule has 1 rings (SSSR count). The lowest BCUT2D eigenvalue weighted by Crippen LogP contribution is -2.08. The van der Waals surface area contributed by atoms with Crippen molar-refractivity contribution in [1.29, 1.82) is 0 Å². The van der Waals surface area contributed by atoms with E-state index in [1.54, 1.807) is 7.11 Å². The summed E-state index contributed by atoms with van der Waals surface area (Å²) in [5, 5.41) is 0. The van der Waals surface area contributed by atoms with Crippen LogP contribution in [0.25, 0.3) is 5.70 Å². The van der Waals surface area contributed by atoms with E-state index in [0.29, 0.717) is 0 Å². The van der Waals surface area contributed by atoms with Crippen LogP contribution in [0, 0.1) is 3.57 Å². The highest BCUT2D eigenvalue weighted by molar-refractivity contribution is 14.1. The number of benzene rings is 1. The molecule has 0 radical (unpaired) electrons. The van der Waals surface area contributed by atoms with E-state index in [4.69, 9.17) is 4.84 Å². The van der Waals surface area contributed by atoms with Crippen LogP contribution in [0.1, 0.15) is 5.56 Å². The summed E-state index contributed by atoms with van der Waals surface area (Å²) in [6, 6.07) is 8.04. The van der Waals surface area contributed by atoms with Crippen LogP contribution in [0.4, 0.5) is 0 Å². The third kappa shape index (κ3) is 2.49. The topological polar surface area (TPSA) is 21.3 Å². The Morgan fingerprint density at radius 1 is 1.42 bits per heavy atom. The molecule has 0 fully saturated rings. The van der Waals surface area contributed by atoms with E-state index in [0.717, 1.165) is 11.3 Å². The van der Waals surface area contributed by atoms with Crippen molar-refractivity contribution in [2.24, 2.45) is 0 Å². The lowest BCUT2D eigenvalue weighted by atomic mass is 10.2. The number of hydrogen-bond donors (Lipinski definition) is 1. The molecule has 0 heterocycles. The Morgan fingerprint density at radius 2 is 2.00 bits per heavy atom. The maximum atomic E-state index is 4.74. The molecule has 1 N–H and O–H groups in total. The quantitative estimate of drug-likeness (QED) is 0.675. The van der Waals surface area contributed by atoms with Crippen LogP contribution in [0.2, 0.25) is 0 Å². The third-order valence-corrected chi connectivity index (χ3v) is 2.14. The minimum Gasteiger partial charge on any atom is -0.279 e.